The highest BCUT2D eigenvalue weighted by molar-refractivity contribution is 6.34. The molecule has 154 valence electrons. The van der Waals surface area contributed by atoms with E-state index in [9.17, 15) is 9.59 Å². The molecule has 1 heterocycles. The van der Waals surface area contributed by atoms with Crippen molar-refractivity contribution in [1.29, 1.82) is 0 Å². The van der Waals surface area contributed by atoms with Gasteiger partial charge in [0.05, 0.1) is 28.9 Å². The summed E-state index contributed by atoms with van der Waals surface area (Å²) in [4.78, 5) is 30.7. The molecule has 7 nitrogen and oxygen atoms in total. The van der Waals surface area contributed by atoms with Gasteiger partial charge in [-0.2, -0.15) is 0 Å². The predicted octanol–water partition coefficient (Wildman–Crippen LogP) is 4.44. The highest BCUT2D eigenvalue weighted by Gasteiger charge is 2.16. The number of nitrogens with one attached hydrogen (secondary N) is 2. The first kappa shape index (κ1) is 21.1. The number of aromatic nitrogens is 1. The average molecular weight is 425 g/mol. The lowest BCUT2D eigenvalue weighted by molar-refractivity contribution is 0.0827. The van der Waals surface area contributed by atoms with Gasteiger partial charge in [0.15, 0.2) is 0 Å². The van der Waals surface area contributed by atoms with Crippen LogP contribution in [0.5, 0.6) is 5.75 Å². The van der Waals surface area contributed by atoms with Crippen molar-refractivity contribution in [3.63, 3.8) is 0 Å². The molecule has 30 heavy (non-hydrogen) atoms. The number of pyridine rings is 1. The van der Waals surface area contributed by atoms with Crippen molar-refractivity contribution in [2.24, 2.45) is 0 Å². The number of benzene rings is 2. The third-order valence-corrected chi connectivity index (χ3v) is 4.59. The molecule has 1 aromatic heterocycles. The Kier molecular flexibility index (Phi) is 6.54. The monoisotopic (exact) mass is 424 g/mol. The molecular formula is C22H21ClN4O3. The molecule has 0 saturated heterocycles. The van der Waals surface area contributed by atoms with Crippen LogP contribution < -0.4 is 15.4 Å². The van der Waals surface area contributed by atoms with Crippen molar-refractivity contribution >= 4 is 40.6 Å². The van der Waals surface area contributed by atoms with Gasteiger partial charge in [0.25, 0.3) is 11.8 Å². The maximum absolute atomic E-state index is 12.9. The van der Waals surface area contributed by atoms with Crippen molar-refractivity contribution < 1.29 is 14.3 Å². The van der Waals surface area contributed by atoms with Gasteiger partial charge in [-0.3, -0.25) is 9.59 Å². The predicted molar refractivity (Wildman–Crippen MR) is 118 cm³/mol. The fraction of sp³-hybridized carbons (Fsp3) is 0.136. The zero-order valence-corrected chi connectivity index (χ0v) is 17.5. The third-order valence-electron chi connectivity index (χ3n) is 4.28. The zero-order chi connectivity index (χ0) is 21.7. The van der Waals surface area contributed by atoms with Crippen LogP contribution in [0.3, 0.4) is 0 Å². The van der Waals surface area contributed by atoms with E-state index in [2.05, 4.69) is 15.6 Å². The topological polar surface area (TPSA) is 83.6 Å². The number of anilines is 3. The number of halogens is 1. The lowest BCUT2D eigenvalue weighted by Gasteiger charge is -2.14. The fourth-order valence-corrected chi connectivity index (χ4v) is 3.03. The SMILES string of the molecule is COc1ccccc1Nc1ncccc1C(=O)Nc1ccc(C(=O)N(C)C)c(Cl)c1. The van der Waals surface area contributed by atoms with Gasteiger partial charge in [0, 0.05) is 26.0 Å². The standard InChI is InChI=1S/C22H21ClN4O3/c1-27(2)22(29)15-11-10-14(13-17(15)23)25-21(28)16-7-6-12-24-20(16)26-18-8-4-5-9-19(18)30-3/h4-13H,1-3H3,(H,24,26)(H,25,28). The molecule has 3 aromatic rings. The summed E-state index contributed by atoms with van der Waals surface area (Å²) in [6, 6.07) is 15.4. The van der Waals surface area contributed by atoms with Crippen LogP contribution in [0.1, 0.15) is 20.7 Å². The van der Waals surface area contributed by atoms with E-state index in [-0.39, 0.29) is 16.8 Å². The zero-order valence-electron chi connectivity index (χ0n) is 16.8. The molecule has 0 aliphatic heterocycles. The molecule has 0 atom stereocenters. The Hall–Kier alpha value is -3.58. The number of rotatable bonds is 6. The number of ether oxygens (including phenoxy) is 1. The molecule has 0 aliphatic rings. The molecular weight excluding hydrogens is 404 g/mol. The summed E-state index contributed by atoms with van der Waals surface area (Å²) in [7, 11) is 4.86. The summed E-state index contributed by atoms with van der Waals surface area (Å²) in [6.45, 7) is 0. The first-order chi connectivity index (χ1) is 14.4. The van der Waals surface area contributed by atoms with E-state index in [1.165, 1.54) is 4.90 Å². The van der Waals surface area contributed by atoms with Gasteiger partial charge in [-0.15, -0.1) is 0 Å². The second-order valence-electron chi connectivity index (χ2n) is 6.57. The van der Waals surface area contributed by atoms with Crippen molar-refractivity contribution in [2.45, 2.75) is 0 Å². The van der Waals surface area contributed by atoms with Gasteiger partial charge in [-0.1, -0.05) is 23.7 Å². The van der Waals surface area contributed by atoms with Crippen LogP contribution in [-0.2, 0) is 0 Å². The minimum Gasteiger partial charge on any atom is -0.495 e. The van der Waals surface area contributed by atoms with Crippen molar-refractivity contribution in [3.05, 3.63) is 76.9 Å². The molecule has 2 N–H and O–H groups in total. The summed E-state index contributed by atoms with van der Waals surface area (Å²) in [5.41, 5.74) is 1.85. The average Bonchev–Trinajstić information content (AvgIpc) is 2.74. The number of carbonyl (C=O) groups excluding carboxylic acids is 2. The van der Waals surface area contributed by atoms with Gasteiger partial charge < -0.3 is 20.3 Å². The molecule has 0 unspecified atom stereocenters. The van der Waals surface area contributed by atoms with Gasteiger partial charge in [0.2, 0.25) is 0 Å². The Morgan fingerprint density at radius 1 is 1.03 bits per heavy atom. The molecule has 0 aliphatic carbocycles. The first-order valence-corrected chi connectivity index (χ1v) is 9.46. The van der Waals surface area contributed by atoms with Crippen LogP contribution >= 0.6 is 11.6 Å². The largest absolute Gasteiger partial charge is 0.495 e. The molecule has 2 amide bonds. The molecule has 0 bridgehead atoms. The Labute approximate surface area is 179 Å². The van der Waals surface area contributed by atoms with Crippen LogP contribution in [0.15, 0.2) is 60.8 Å². The van der Waals surface area contributed by atoms with Gasteiger partial charge >= 0.3 is 0 Å². The van der Waals surface area contributed by atoms with Gasteiger partial charge in [-0.25, -0.2) is 4.98 Å². The highest BCUT2D eigenvalue weighted by Crippen LogP contribution is 2.28. The van der Waals surface area contributed by atoms with Crippen LogP contribution in [0, 0.1) is 0 Å². The minimum atomic E-state index is -0.372. The van der Waals surface area contributed by atoms with E-state index in [4.69, 9.17) is 16.3 Å². The molecule has 0 saturated carbocycles. The summed E-state index contributed by atoms with van der Waals surface area (Å²) in [5, 5.41) is 6.18. The summed E-state index contributed by atoms with van der Waals surface area (Å²) < 4.78 is 5.34. The van der Waals surface area contributed by atoms with E-state index in [0.29, 0.717) is 34.1 Å². The maximum Gasteiger partial charge on any atom is 0.259 e. The maximum atomic E-state index is 12.9. The Bertz CT molecular complexity index is 1090. The van der Waals surface area contributed by atoms with Crippen LogP contribution in [0.2, 0.25) is 5.02 Å². The number of hydrogen-bond acceptors (Lipinski definition) is 5. The van der Waals surface area contributed by atoms with Crippen molar-refractivity contribution in [2.75, 3.05) is 31.8 Å². The number of carbonyl (C=O) groups is 2. The lowest BCUT2D eigenvalue weighted by atomic mass is 10.1. The van der Waals surface area contributed by atoms with E-state index < -0.39 is 0 Å². The molecule has 0 radical (unpaired) electrons. The minimum absolute atomic E-state index is 0.214. The molecule has 2 aromatic carbocycles. The normalized spacial score (nSPS) is 10.3. The number of nitrogens with zero attached hydrogens (tertiary/aromatic N) is 2. The Morgan fingerprint density at radius 3 is 2.50 bits per heavy atom. The smallest absolute Gasteiger partial charge is 0.259 e. The summed E-state index contributed by atoms with van der Waals surface area (Å²) in [6.07, 6.45) is 1.59. The number of hydrogen-bond donors (Lipinski definition) is 2. The van der Waals surface area contributed by atoms with E-state index in [1.807, 2.05) is 24.3 Å². The first-order valence-electron chi connectivity index (χ1n) is 9.08. The van der Waals surface area contributed by atoms with Crippen molar-refractivity contribution in [1.82, 2.24) is 9.88 Å². The van der Waals surface area contributed by atoms with E-state index >= 15 is 0 Å². The summed E-state index contributed by atoms with van der Waals surface area (Å²) >= 11 is 6.23. The molecule has 8 heteroatoms. The van der Waals surface area contributed by atoms with E-state index in [1.54, 1.807) is 57.7 Å². The Morgan fingerprint density at radius 2 is 1.80 bits per heavy atom. The van der Waals surface area contributed by atoms with Gasteiger partial charge in [-0.05, 0) is 42.5 Å². The van der Waals surface area contributed by atoms with Gasteiger partial charge in [0.1, 0.15) is 11.6 Å². The van der Waals surface area contributed by atoms with E-state index in [0.717, 1.165) is 0 Å². The summed E-state index contributed by atoms with van der Waals surface area (Å²) in [5.74, 6) is 0.420. The Balaban J connectivity index is 1.83. The lowest BCUT2D eigenvalue weighted by Crippen LogP contribution is -2.22. The second kappa shape index (κ2) is 9.28. The van der Waals surface area contributed by atoms with Crippen LogP contribution in [0.25, 0.3) is 0 Å². The fourth-order valence-electron chi connectivity index (χ4n) is 2.77. The molecule has 0 spiro atoms. The van der Waals surface area contributed by atoms with Crippen LogP contribution in [-0.4, -0.2) is 42.9 Å². The third kappa shape index (κ3) is 4.69. The number of para-hydroxylation sites is 2. The van der Waals surface area contributed by atoms with Crippen LogP contribution in [0.4, 0.5) is 17.2 Å². The second-order valence-corrected chi connectivity index (χ2v) is 6.98. The highest BCUT2D eigenvalue weighted by atomic mass is 35.5. The number of methoxy groups -OCH3 is 1. The quantitative estimate of drug-likeness (QED) is 0.611. The molecule has 3 rings (SSSR count). The molecule has 0 fully saturated rings. The van der Waals surface area contributed by atoms with Crippen molar-refractivity contribution in [3.8, 4) is 5.75 Å². The number of amides is 2.